The normalized spacial score (nSPS) is 10.2. The second-order valence-electron chi connectivity index (χ2n) is 4.04. The second-order valence-corrected chi connectivity index (χ2v) is 4.45. The molecule has 0 atom stereocenters. The van der Waals surface area contributed by atoms with E-state index < -0.39 is 0 Å². The first kappa shape index (κ1) is 12.4. The maximum atomic E-state index is 8.68. The number of nitrogens with zero attached hydrogens (tertiary/aromatic N) is 3. The van der Waals surface area contributed by atoms with Crippen molar-refractivity contribution in [2.75, 3.05) is 0 Å². The number of hydrogen-bond donors (Lipinski definition) is 0. The van der Waals surface area contributed by atoms with E-state index in [0.29, 0.717) is 16.7 Å². The van der Waals surface area contributed by atoms with Gasteiger partial charge in [-0.2, -0.15) is 5.26 Å². The summed E-state index contributed by atoms with van der Waals surface area (Å²) in [6, 6.07) is 13.1. The van der Waals surface area contributed by atoms with Crippen LogP contribution in [0.1, 0.15) is 5.69 Å². The first-order valence-electron chi connectivity index (χ1n) is 5.85. The van der Waals surface area contributed by atoms with Crippen molar-refractivity contribution < 1.29 is 4.74 Å². The fourth-order valence-electron chi connectivity index (χ4n) is 1.86. The highest BCUT2D eigenvalue weighted by atomic mass is 35.5. The Balaban J connectivity index is 2.02. The molecule has 4 nitrogen and oxygen atoms in total. The first-order chi connectivity index (χ1) is 9.78. The molecule has 0 spiro atoms. The molecule has 20 heavy (non-hydrogen) atoms. The van der Waals surface area contributed by atoms with Gasteiger partial charge in [0.2, 0.25) is 5.88 Å². The summed E-state index contributed by atoms with van der Waals surface area (Å²) in [7, 11) is 0. The van der Waals surface area contributed by atoms with Crippen LogP contribution >= 0.6 is 11.6 Å². The van der Waals surface area contributed by atoms with Gasteiger partial charge in [0.25, 0.3) is 0 Å². The summed E-state index contributed by atoms with van der Waals surface area (Å²) in [5.41, 5.74) is 0.248. The largest absolute Gasteiger partial charge is 0.437 e. The third kappa shape index (κ3) is 2.27. The number of nitriles is 1. The molecule has 3 aromatic rings. The molecule has 0 saturated heterocycles. The predicted molar refractivity (Wildman–Crippen MR) is 75.8 cm³/mol. The lowest BCUT2D eigenvalue weighted by Crippen LogP contribution is -1.92. The lowest BCUT2D eigenvalue weighted by molar-refractivity contribution is 0.465. The van der Waals surface area contributed by atoms with Gasteiger partial charge in [0.15, 0.2) is 5.69 Å². The Morgan fingerprint density at radius 2 is 1.80 bits per heavy atom. The van der Waals surface area contributed by atoms with Crippen LogP contribution in [-0.4, -0.2) is 9.97 Å². The van der Waals surface area contributed by atoms with Crippen LogP contribution in [0.3, 0.4) is 0 Å². The van der Waals surface area contributed by atoms with Crippen LogP contribution in [-0.2, 0) is 0 Å². The van der Waals surface area contributed by atoms with Crippen LogP contribution < -0.4 is 4.74 Å². The van der Waals surface area contributed by atoms with E-state index in [1.54, 1.807) is 12.1 Å². The number of hydrogen-bond acceptors (Lipinski definition) is 4. The molecule has 3 rings (SSSR count). The van der Waals surface area contributed by atoms with Gasteiger partial charge in [0.05, 0.1) is 12.4 Å². The number of ether oxygens (including phenoxy) is 1. The van der Waals surface area contributed by atoms with E-state index in [1.165, 1.54) is 12.4 Å². The molecule has 0 saturated carbocycles. The molecule has 0 N–H and O–H groups in total. The Kier molecular flexibility index (Phi) is 3.20. The summed E-state index contributed by atoms with van der Waals surface area (Å²) in [6.07, 6.45) is 2.79. The van der Waals surface area contributed by atoms with Gasteiger partial charge in [-0.15, -0.1) is 0 Å². The summed E-state index contributed by atoms with van der Waals surface area (Å²) < 4.78 is 5.70. The average molecular weight is 282 g/mol. The quantitative estimate of drug-likeness (QED) is 0.714. The predicted octanol–water partition coefficient (Wildman–Crippen LogP) is 3.95. The van der Waals surface area contributed by atoms with E-state index in [2.05, 4.69) is 9.97 Å². The number of fused-ring (bicyclic) bond motifs is 1. The molecule has 1 aromatic heterocycles. The molecule has 0 unspecified atom stereocenters. The van der Waals surface area contributed by atoms with E-state index in [1.807, 2.05) is 30.3 Å². The molecule has 96 valence electrons. The van der Waals surface area contributed by atoms with Gasteiger partial charge in [-0.1, -0.05) is 35.9 Å². The van der Waals surface area contributed by atoms with Crippen LogP contribution in [0.2, 0.25) is 5.02 Å². The van der Waals surface area contributed by atoms with E-state index in [0.717, 1.165) is 10.8 Å². The maximum absolute atomic E-state index is 8.68. The van der Waals surface area contributed by atoms with Crippen LogP contribution in [0.4, 0.5) is 0 Å². The fourth-order valence-corrected chi connectivity index (χ4v) is 2.09. The molecule has 0 aliphatic rings. The molecule has 1 heterocycles. The molecular formula is C15H8ClN3O. The Labute approximate surface area is 120 Å². The van der Waals surface area contributed by atoms with Crippen molar-refractivity contribution in [3.05, 3.63) is 59.5 Å². The number of benzene rings is 2. The van der Waals surface area contributed by atoms with Gasteiger partial charge < -0.3 is 4.74 Å². The molecule has 5 heteroatoms. The van der Waals surface area contributed by atoms with Gasteiger partial charge in [-0.25, -0.2) is 9.97 Å². The number of halogens is 1. The minimum absolute atomic E-state index is 0.248. The Morgan fingerprint density at radius 3 is 2.50 bits per heavy atom. The van der Waals surface area contributed by atoms with Crippen molar-refractivity contribution in [2.45, 2.75) is 0 Å². The molecule has 0 amide bonds. The van der Waals surface area contributed by atoms with Crippen LogP contribution in [0.15, 0.2) is 48.8 Å². The van der Waals surface area contributed by atoms with E-state index in [-0.39, 0.29) is 5.69 Å². The van der Waals surface area contributed by atoms with Crippen molar-refractivity contribution in [3.8, 4) is 17.7 Å². The summed E-state index contributed by atoms with van der Waals surface area (Å²) in [5, 5.41) is 11.2. The monoisotopic (exact) mass is 281 g/mol. The lowest BCUT2D eigenvalue weighted by atomic mass is 10.1. The van der Waals surface area contributed by atoms with Crippen LogP contribution in [0, 0.1) is 11.3 Å². The maximum Gasteiger partial charge on any atom is 0.237 e. The van der Waals surface area contributed by atoms with Crippen LogP contribution in [0.5, 0.6) is 11.6 Å². The second kappa shape index (κ2) is 5.16. The van der Waals surface area contributed by atoms with Crippen molar-refractivity contribution in [3.63, 3.8) is 0 Å². The van der Waals surface area contributed by atoms with Gasteiger partial charge in [-0.05, 0) is 12.1 Å². The zero-order valence-electron chi connectivity index (χ0n) is 10.2. The smallest absolute Gasteiger partial charge is 0.237 e. The summed E-state index contributed by atoms with van der Waals surface area (Å²) >= 11 is 6.15. The van der Waals surface area contributed by atoms with Crippen molar-refractivity contribution in [1.29, 1.82) is 5.26 Å². The minimum atomic E-state index is 0.248. The summed E-state index contributed by atoms with van der Waals surface area (Å²) in [6.45, 7) is 0. The third-order valence-electron chi connectivity index (χ3n) is 2.79. The SMILES string of the molecule is N#Cc1cnc(Oc2ccc(Cl)c3ccccc23)cn1. The highest BCUT2D eigenvalue weighted by Gasteiger charge is 2.07. The number of rotatable bonds is 2. The third-order valence-corrected chi connectivity index (χ3v) is 3.12. The molecule has 0 aliphatic heterocycles. The molecule has 0 bridgehead atoms. The highest BCUT2D eigenvalue weighted by Crippen LogP contribution is 2.33. The number of aromatic nitrogens is 2. The standard InChI is InChI=1S/C15H8ClN3O/c16-13-5-6-14(12-4-2-1-3-11(12)13)20-15-9-18-10(7-17)8-19-15/h1-6,8-9H. The van der Waals surface area contributed by atoms with E-state index >= 15 is 0 Å². The van der Waals surface area contributed by atoms with Gasteiger partial charge >= 0.3 is 0 Å². The molecule has 0 radical (unpaired) electrons. The zero-order valence-corrected chi connectivity index (χ0v) is 11.0. The van der Waals surface area contributed by atoms with Gasteiger partial charge in [0, 0.05) is 15.8 Å². The molecule has 0 fully saturated rings. The van der Waals surface area contributed by atoms with Gasteiger partial charge in [0.1, 0.15) is 11.8 Å². The van der Waals surface area contributed by atoms with Crippen molar-refractivity contribution in [2.24, 2.45) is 0 Å². The molecule has 0 aliphatic carbocycles. The van der Waals surface area contributed by atoms with E-state index in [9.17, 15) is 0 Å². The van der Waals surface area contributed by atoms with Crippen molar-refractivity contribution >= 4 is 22.4 Å². The zero-order chi connectivity index (χ0) is 13.9. The topological polar surface area (TPSA) is 58.8 Å². The Bertz CT molecular complexity index is 809. The highest BCUT2D eigenvalue weighted by molar-refractivity contribution is 6.35. The average Bonchev–Trinajstić information content (AvgIpc) is 2.51. The van der Waals surface area contributed by atoms with Crippen LogP contribution in [0.25, 0.3) is 10.8 Å². The lowest BCUT2D eigenvalue weighted by Gasteiger charge is -2.08. The summed E-state index contributed by atoms with van der Waals surface area (Å²) in [4.78, 5) is 7.95. The Morgan fingerprint density at radius 1 is 1.00 bits per heavy atom. The molecular weight excluding hydrogens is 274 g/mol. The van der Waals surface area contributed by atoms with Gasteiger partial charge in [-0.3, -0.25) is 0 Å². The first-order valence-corrected chi connectivity index (χ1v) is 6.23. The minimum Gasteiger partial charge on any atom is -0.437 e. The fraction of sp³-hybridized carbons (Fsp3) is 0. The summed E-state index contributed by atoms with van der Waals surface area (Å²) in [5.74, 6) is 0.973. The van der Waals surface area contributed by atoms with Crippen molar-refractivity contribution in [1.82, 2.24) is 9.97 Å². The molecule has 2 aromatic carbocycles. The Hall–Kier alpha value is -2.64. The van der Waals surface area contributed by atoms with E-state index in [4.69, 9.17) is 21.6 Å².